The summed E-state index contributed by atoms with van der Waals surface area (Å²) in [4.78, 5) is 13.4. The number of carbonyl (C=O) groups excluding carboxylic acids is 1. The molecule has 0 saturated heterocycles. The third-order valence-corrected chi connectivity index (χ3v) is 4.01. The van der Waals surface area contributed by atoms with Crippen molar-refractivity contribution in [2.75, 3.05) is 27.2 Å². The molecule has 2 rings (SSSR count). The Balaban J connectivity index is 1.53. The summed E-state index contributed by atoms with van der Waals surface area (Å²) in [5.41, 5.74) is 0.997. The molecule has 1 aromatic rings. The zero-order chi connectivity index (χ0) is 15.8. The number of nitrogens with zero attached hydrogens (tertiary/aromatic N) is 1. The first-order valence-electron chi connectivity index (χ1n) is 7.89. The molecular formula is C17H26N2O3. The third-order valence-electron chi connectivity index (χ3n) is 4.01. The van der Waals surface area contributed by atoms with E-state index in [0.29, 0.717) is 31.9 Å². The van der Waals surface area contributed by atoms with Crippen LogP contribution in [0.3, 0.4) is 0 Å². The number of hydrogen-bond acceptors (Lipinski definition) is 4. The minimum atomic E-state index is -0.289. The highest BCUT2D eigenvalue weighted by atomic mass is 16.6. The van der Waals surface area contributed by atoms with Crippen molar-refractivity contribution in [2.45, 2.75) is 38.0 Å². The van der Waals surface area contributed by atoms with Crippen molar-refractivity contribution in [3.8, 4) is 0 Å². The minimum Gasteiger partial charge on any atom is -0.445 e. The number of hydrogen-bond donors (Lipinski definition) is 1. The summed E-state index contributed by atoms with van der Waals surface area (Å²) in [5, 5.41) is 3.23. The van der Waals surface area contributed by atoms with Crippen molar-refractivity contribution < 1.29 is 14.3 Å². The van der Waals surface area contributed by atoms with Gasteiger partial charge >= 0.3 is 6.09 Å². The highest BCUT2D eigenvalue weighted by molar-refractivity contribution is 5.67. The van der Waals surface area contributed by atoms with Crippen molar-refractivity contribution in [1.29, 1.82) is 0 Å². The molecule has 1 aliphatic rings. The molecule has 1 aliphatic carbocycles. The van der Waals surface area contributed by atoms with Crippen LogP contribution in [0.25, 0.3) is 0 Å². The van der Waals surface area contributed by atoms with Gasteiger partial charge in [0.05, 0.1) is 6.10 Å². The largest absolute Gasteiger partial charge is 0.445 e. The Bertz CT molecular complexity index is 446. The molecule has 122 valence electrons. The molecule has 0 heterocycles. The van der Waals surface area contributed by atoms with Gasteiger partial charge in [-0.3, -0.25) is 0 Å². The molecule has 5 nitrogen and oxygen atoms in total. The van der Waals surface area contributed by atoms with E-state index in [9.17, 15) is 4.79 Å². The van der Waals surface area contributed by atoms with Crippen LogP contribution in [0.1, 0.15) is 24.8 Å². The average molecular weight is 306 g/mol. The van der Waals surface area contributed by atoms with E-state index in [1.165, 1.54) is 0 Å². The first-order chi connectivity index (χ1) is 10.7. The molecule has 1 saturated carbocycles. The van der Waals surface area contributed by atoms with Gasteiger partial charge < -0.3 is 19.7 Å². The summed E-state index contributed by atoms with van der Waals surface area (Å²) in [5.74, 6) is 0. The summed E-state index contributed by atoms with van der Waals surface area (Å²) in [6.45, 7) is 1.65. The van der Waals surface area contributed by atoms with E-state index in [2.05, 4.69) is 5.32 Å². The quantitative estimate of drug-likeness (QED) is 0.749. The topological polar surface area (TPSA) is 50.8 Å². The second-order valence-corrected chi connectivity index (χ2v) is 5.77. The molecule has 0 spiro atoms. The molecule has 0 atom stereocenters. The molecule has 22 heavy (non-hydrogen) atoms. The normalized spacial score (nSPS) is 20.3. The Kier molecular flexibility index (Phi) is 6.68. The molecule has 0 aliphatic heterocycles. The molecule has 1 amide bonds. The molecular weight excluding hydrogens is 280 g/mol. The van der Waals surface area contributed by atoms with Crippen LogP contribution in [-0.4, -0.2) is 50.4 Å². The highest BCUT2D eigenvalue weighted by Gasteiger charge is 2.28. The summed E-state index contributed by atoms with van der Waals surface area (Å²) < 4.78 is 11.0. The van der Waals surface area contributed by atoms with Crippen LogP contribution in [-0.2, 0) is 16.1 Å². The van der Waals surface area contributed by atoms with E-state index < -0.39 is 0 Å². The second-order valence-electron chi connectivity index (χ2n) is 5.77. The van der Waals surface area contributed by atoms with Gasteiger partial charge in [-0.1, -0.05) is 30.3 Å². The number of benzene rings is 1. The monoisotopic (exact) mass is 306 g/mol. The van der Waals surface area contributed by atoms with Gasteiger partial charge in [-0.05, 0) is 31.9 Å². The Hall–Kier alpha value is -1.59. The first-order valence-corrected chi connectivity index (χ1v) is 7.89. The third kappa shape index (κ3) is 5.31. The molecule has 0 radical (unpaired) electrons. The van der Waals surface area contributed by atoms with Gasteiger partial charge in [0.1, 0.15) is 6.61 Å². The smallest absolute Gasteiger partial charge is 0.409 e. The summed E-state index contributed by atoms with van der Waals surface area (Å²) >= 11 is 0. The lowest BCUT2D eigenvalue weighted by molar-refractivity contribution is -0.0174. The fourth-order valence-corrected chi connectivity index (χ4v) is 2.41. The van der Waals surface area contributed by atoms with Crippen LogP contribution >= 0.6 is 0 Å². The molecule has 1 aromatic carbocycles. The van der Waals surface area contributed by atoms with Crippen molar-refractivity contribution in [1.82, 2.24) is 10.2 Å². The maximum absolute atomic E-state index is 11.8. The highest BCUT2D eigenvalue weighted by Crippen LogP contribution is 2.22. The maximum atomic E-state index is 11.8. The Morgan fingerprint density at radius 1 is 1.32 bits per heavy atom. The molecule has 0 unspecified atom stereocenters. The zero-order valence-corrected chi connectivity index (χ0v) is 13.5. The lowest BCUT2D eigenvalue weighted by atomic mass is 9.89. The Labute approximate surface area is 132 Å². The Morgan fingerprint density at radius 3 is 2.73 bits per heavy atom. The summed E-state index contributed by atoms with van der Waals surface area (Å²) in [6, 6.07) is 10.3. The van der Waals surface area contributed by atoms with Crippen molar-refractivity contribution in [2.24, 2.45) is 0 Å². The molecule has 5 heteroatoms. The predicted molar refractivity (Wildman–Crippen MR) is 85.7 cm³/mol. The van der Waals surface area contributed by atoms with Gasteiger partial charge in [0.2, 0.25) is 0 Å². The number of ether oxygens (including phenoxy) is 2. The van der Waals surface area contributed by atoms with Crippen molar-refractivity contribution in [3.05, 3.63) is 35.9 Å². The van der Waals surface area contributed by atoms with E-state index in [4.69, 9.17) is 9.47 Å². The fraction of sp³-hybridized carbons (Fsp3) is 0.588. The van der Waals surface area contributed by atoms with Gasteiger partial charge in [-0.25, -0.2) is 4.79 Å². The molecule has 0 bridgehead atoms. The van der Waals surface area contributed by atoms with Gasteiger partial charge in [0.15, 0.2) is 0 Å². The van der Waals surface area contributed by atoms with Gasteiger partial charge in [0.25, 0.3) is 0 Å². The number of carbonyl (C=O) groups is 1. The lowest BCUT2D eigenvalue weighted by Gasteiger charge is -2.34. The fourth-order valence-electron chi connectivity index (χ4n) is 2.41. The van der Waals surface area contributed by atoms with Crippen LogP contribution < -0.4 is 5.32 Å². The minimum absolute atomic E-state index is 0.289. The SMILES string of the molecule is CNC1CC(OCCCN(C)C(=O)OCc2ccccc2)C1. The standard InChI is InChI=1S/C17H26N2O3/c1-18-15-11-16(12-15)21-10-6-9-19(2)17(20)22-13-14-7-4-3-5-8-14/h3-5,7-8,15-16,18H,6,9-13H2,1-2H3. The van der Waals surface area contributed by atoms with Gasteiger partial charge in [-0.15, -0.1) is 0 Å². The number of rotatable bonds is 8. The van der Waals surface area contributed by atoms with E-state index in [0.717, 1.165) is 24.8 Å². The first kappa shape index (κ1) is 16.8. The van der Waals surface area contributed by atoms with Gasteiger partial charge in [-0.2, -0.15) is 0 Å². The second kappa shape index (κ2) is 8.76. The van der Waals surface area contributed by atoms with Crippen LogP contribution in [0.15, 0.2) is 30.3 Å². The van der Waals surface area contributed by atoms with Crippen LogP contribution in [0, 0.1) is 0 Å². The van der Waals surface area contributed by atoms with E-state index in [-0.39, 0.29) is 6.09 Å². The van der Waals surface area contributed by atoms with Crippen molar-refractivity contribution >= 4 is 6.09 Å². The van der Waals surface area contributed by atoms with Crippen molar-refractivity contribution in [3.63, 3.8) is 0 Å². The van der Waals surface area contributed by atoms with E-state index in [1.807, 2.05) is 37.4 Å². The van der Waals surface area contributed by atoms with E-state index in [1.54, 1.807) is 11.9 Å². The van der Waals surface area contributed by atoms with E-state index >= 15 is 0 Å². The van der Waals surface area contributed by atoms with Gasteiger partial charge in [0, 0.05) is 26.2 Å². The lowest BCUT2D eigenvalue weighted by Crippen LogP contribution is -2.44. The van der Waals surface area contributed by atoms with Crippen LogP contribution in [0.4, 0.5) is 4.79 Å². The maximum Gasteiger partial charge on any atom is 0.409 e. The molecule has 1 fully saturated rings. The predicted octanol–water partition coefficient (Wildman–Crippen LogP) is 2.41. The summed E-state index contributed by atoms with van der Waals surface area (Å²) in [7, 11) is 3.74. The Morgan fingerprint density at radius 2 is 2.05 bits per heavy atom. The summed E-state index contributed by atoms with van der Waals surface area (Å²) in [6.07, 6.45) is 3.10. The molecule has 1 N–H and O–H groups in total. The van der Waals surface area contributed by atoms with Crippen LogP contribution in [0.5, 0.6) is 0 Å². The number of nitrogens with one attached hydrogen (secondary N) is 1. The van der Waals surface area contributed by atoms with Crippen LogP contribution in [0.2, 0.25) is 0 Å². The average Bonchev–Trinajstić information content (AvgIpc) is 2.51. The zero-order valence-electron chi connectivity index (χ0n) is 13.5. The molecule has 0 aromatic heterocycles. The number of amides is 1.